The molecule has 1 aromatic rings. The first-order valence-corrected chi connectivity index (χ1v) is 6.15. The molecule has 18 heavy (non-hydrogen) atoms. The topological polar surface area (TPSA) is 47.6 Å². The molecule has 1 heterocycles. The van der Waals surface area contributed by atoms with Gasteiger partial charge in [0, 0.05) is 25.6 Å². The van der Waals surface area contributed by atoms with Gasteiger partial charge in [0.05, 0.1) is 19.3 Å². The van der Waals surface area contributed by atoms with Crippen molar-refractivity contribution in [3.63, 3.8) is 0 Å². The molecular formula is C14H19NO3. The Labute approximate surface area is 107 Å². The highest BCUT2D eigenvalue weighted by Crippen LogP contribution is 2.20. The second-order valence-electron chi connectivity index (χ2n) is 4.51. The molecule has 0 radical (unpaired) electrons. The van der Waals surface area contributed by atoms with Gasteiger partial charge in [-0.2, -0.15) is 0 Å². The van der Waals surface area contributed by atoms with Gasteiger partial charge in [-0.15, -0.1) is 0 Å². The lowest BCUT2D eigenvalue weighted by Crippen LogP contribution is -2.31. The van der Waals surface area contributed by atoms with Crippen molar-refractivity contribution in [3.8, 4) is 5.75 Å². The molecule has 1 fully saturated rings. The molecule has 0 saturated carbocycles. The van der Waals surface area contributed by atoms with E-state index < -0.39 is 0 Å². The van der Waals surface area contributed by atoms with Crippen LogP contribution in [0.1, 0.15) is 12.0 Å². The van der Waals surface area contributed by atoms with Crippen LogP contribution in [-0.4, -0.2) is 38.7 Å². The van der Waals surface area contributed by atoms with Crippen LogP contribution in [0.2, 0.25) is 0 Å². The minimum absolute atomic E-state index is 0.0973. The second kappa shape index (κ2) is 5.98. The number of carbonyl (C=O) groups is 1. The molecule has 0 bridgehead atoms. The lowest BCUT2D eigenvalue weighted by Gasteiger charge is -2.11. The van der Waals surface area contributed by atoms with Crippen molar-refractivity contribution in [1.29, 1.82) is 0 Å². The Balaban J connectivity index is 1.99. The average Bonchev–Trinajstić information content (AvgIpc) is 2.88. The van der Waals surface area contributed by atoms with Crippen molar-refractivity contribution in [3.05, 3.63) is 29.8 Å². The summed E-state index contributed by atoms with van der Waals surface area (Å²) in [5.41, 5.74) is 0.938. The minimum atomic E-state index is -0.0973. The van der Waals surface area contributed by atoms with Gasteiger partial charge in [-0.3, -0.25) is 4.79 Å². The Morgan fingerprint density at radius 2 is 2.17 bits per heavy atom. The van der Waals surface area contributed by atoms with Crippen LogP contribution in [0.5, 0.6) is 5.75 Å². The molecule has 4 nitrogen and oxygen atoms in total. The van der Waals surface area contributed by atoms with Gasteiger partial charge in [0.15, 0.2) is 5.78 Å². The van der Waals surface area contributed by atoms with Crippen LogP contribution in [-0.2, 0) is 16.0 Å². The van der Waals surface area contributed by atoms with E-state index in [1.807, 2.05) is 24.3 Å². The number of methoxy groups -OCH3 is 2. The number of ether oxygens (including phenoxy) is 2. The SMILES string of the molecule is COc1ccccc1CC(=O)C1CC(OC)CN1. The molecule has 1 aliphatic heterocycles. The predicted octanol–water partition coefficient (Wildman–Crippen LogP) is 1.18. The van der Waals surface area contributed by atoms with Gasteiger partial charge >= 0.3 is 0 Å². The normalized spacial score (nSPS) is 23.0. The fourth-order valence-corrected chi connectivity index (χ4v) is 2.29. The van der Waals surface area contributed by atoms with Gasteiger partial charge in [0.25, 0.3) is 0 Å². The number of nitrogens with one attached hydrogen (secondary N) is 1. The first kappa shape index (κ1) is 13.1. The van der Waals surface area contributed by atoms with Crippen LogP contribution in [0.3, 0.4) is 0 Å². The van der Waals surface area contributed by atoms with Crippen molar-refractivity contribution in [2.24, 2.45) is 0 Å². The van der Waals surface area contributed by atoms with Gasteiger partial charge in [-0.1, -0.05) is 18.2 Å². The molecule has 1 aromatic carbocycles. The van der Waals surface area contributed by atoms with Crippen molar-refractivity contribution in [2.75, 3.05) is 20.8 Å². The summed E-state index contributed by atoms with van der Waals surface area (Å²) < 4.78 is 10.5. The summed E-state index contributed by atoms with van der Waals surface area (Å²) in [4.78, 5) is 12.2. The van der Waals surface area contributed by atoms with Crippen molar-refractivity contribution in [1.82, 2.24) is 5.32 Å². The predicted molar refractivity (Wildman–Crippen MR) is 68.9 cm³/mol. The summed E-state index contributed by atoms with van der Waals surface area (Å²) in [7, 11) is 3.30. The molecule has 0 aliphatic carbocycles. The van der Waals surface area contributed by atoms with Crippen molar-refractivity contribution in [2.45, 2.75) is 25.0 Å². The number of hydrogen-bond acceptors (Lipinski definition) is 4. The quantitative estimate of drug-likeness (QED) is 0.851. The number of rotatable bonds is 5. The van der Waals surface area contributed by atoms with Crippen LogP contribution in [0, 0.1) is 0 Å². The highest BCUT2D eigenvalue weighted by Gasteiger charge is 2.29. The molecule has 2 unspecified atom stereocenters. The maximum Gasteiger partial charge on any atom is 0.154 e. The minimum Gasteiger partial charge on any atom is -0.496 e. The summed E-state index contributed by atoms with van der Waals surface area (Å²) in [6.07, 6.45) is 1.31. The second-order valence-corrected chi connectivity index (χ2v) is 4.51. The number of para-hydroxylation sites is 1. The Kier molecular flexibility index (Phi) is 4.33. The number of Topliss-reactive ketones (excluding diaryl/α,β-unsaturated/α-hetero) is 1. The smallest absolute Gasteiger partial charge is 0.154 e. The summed E-state index contributed by atoms with van der Waals surface area (Å²) >= 11 is 0. The van der Waals surface area contributed by atoms with Crippen LogP contribution in [0.25, 0.3) is 0 Å². The van der Waals surface area contributed by atoms with Gasteiger partial charge < -0.3 is 14.8 Å². The summed E-state index contributed by atoms with van der Waals surface area (Å²) in [5, 5.41) is 3.20. The van der Waals surface area contributed by atoms with E-state index in [9.17, 15) is 4.79 Å². The third-order valence-electron chi connectivity index (χ3n) is 3.37. The van der Waals surface area contributed by atoms with E-state index in [-0.39, 0.29) is 17.9 Å². The number of hydrogen-bond donors (Lipinski definition) is 1. The van der Waals surface area contributed by atoms with Crippen LogP contribution < -0.4 is 10.1 Å². The monoisotopic (exact) mass is 249 g/mol. The fraction of sp³-hybridized carbons (Fsp3) is 0.500. The largest absolute Gasteiger partial charge is 0.496 e. The molecule has 1 saturated heterocycles. The van der Waals surface area contributed by atoms with Crippen LogP contribution >= 0.6 is 0 Å². The molecule has 98 valence electrons. The van der Waals surface area contributed by atoms with E-state index in [0.29, 0.717) is 6.42 Å². The third-order valence-corrected chi connectivity index (χ3v) is 3.37. The zero-order valence-electron chi connectivity index (χ0n) is 10.8. The number of carbonyl (C=O) groups excluding carboxylic acids is 1. The van der Waals surface area contributed by atoms with E-state index in [2.05, 4.69) is 5.32 Å². The standard InChI is InChI=1S/C14H19NO3/c1-17-11-8-12(15-9-11)13(16)7-10-5-3-4-6-14(10)18-2/h3-6,11-12,15H,7-9H2,1-2H3. The molecule has 0 spiro atoms. The van der Waals surface area contributed by atoms with E-state index in [1.54, 1.807) is 14.2 Å². The van der Waals surface area contributed by atoms with E-state index in [0.717, 1.165) is 24.3 Å². The molecular weight excluding hydrogens is 230 g/mol. The lowest BCUT2D eigenvalue weighted by molar-refractivity contribution is -0.120. The van der Waals surface area contributed by atoms with E-state index >= 15 is 0 Å². The third kappa shape index (κ3) is 2.89. The summed E-state index contributed by atoms with van der Waals surface area (Å²) in [6, 6.07) is 7.54. The first-order chi connectivity index (χ1) is 8.74. The Hall–Kier alpha value is -1.39. The van der Waals surface area contributed by atoms with E-state index in [1.165, 1.54) is 0 Å². The van der Waals surface area contributed by atoms with Crippen molar-refractivity contribution < 1.29 is 14.3 Å². The van der Waals surface area contributed by atoms with Gasteiger partial charge in [-0.25, -0.2) is 0 Å². The van der Waals surface area contributed by atoms with Gasteiger partial charge in [0.1, 0.15) is 5.75 Å². The van der Waals surface area contributed by atoms with Gasteiger partial charge in [0.2, 0.25) is 0 Å². The van der Waals surface area contributed by atoms with E-state index in [4.69, 9.17) is 9.47 Å². The maximum atomic E-state index is 12.2. The highest BCUT2D eigenvalue weighted by molar-refractivity contribution is 5.87. The zero-order valence-corrected chi connectivity index (χ0v) is 10.8. The molecule has 1 N–H and O–H groups in total. The summed E-state index contributed by atoms with van der Waals surface area (Å²) in [5.74, 6) is 0.964. The van der Waals surface area contributed by atoms with Crippen molar-refractivity contribution >= 4 is 5.78 Å². The highest BCUT2D eigenvalue weighted by atomic mass is 16.5. The zero-order chi connectivity index (χ0) is 13.0. The molecule has 0 amide bonds. The Bertz CT molecular complexity index is 419. The molecule has 2 rings (SSSR count). The Morgan fingerprint density at radius 3 is 2.83 bits per heavy atom. The van der Waals surface area contributed by atoms with Crippen LogP contribution in [0.15, 0.2) is 24.3 Å². The Morgan fingerprint density at radius 1 is 1.39 bits per heavy atom. The molecule has 4 heteroatoms. The average molecular weight is 249 g/mol. The summed E-state index contributed by atoms with van der Waals surface area (Å²) in [6.45, 7) is 0.749. The molecule has 0 aromatic heterocycles. The van der Waals surface area contributed by atoms with Gasteiger partial charge in [-0.05, 0) is 12.5 Å². The first-order valence-electron chi connectivity index (χ1n) is 6.15. The van der Waals surface area contributed by atoms with Crippen LogP contribution in [0.4, 0.5) is 0 Å². The number of ketones is 1. The molecule has 1 aliphatic rings. The maximum absolute atomic E-state index is 12.2. The fourth-order valence-electron chi connectivity index (χ4n) is 2.29. The molecule has 2 atom stereocenters. The number of benzene rings is 1. The lowest BCUT2D eigenvalue weighted by atomic mass is 10.0.